The molecule has 0 saturated carbocycles. The number of ether oxygens (including phenoxy) is 1. The van der Waals surface area contributed by atoms with Crippen molar-refractivity contribution in [3.05, 3.63) is 89.5 Å². The molecule has 0 aromatic heterocycles. The van der Waals surface area contributed by atoms with E-state index in [-0.39, 0.29) is 16.8 Å². The average molecular weight is 410 g/mol. The van der Waals surface area contributed by atoms with Crippen molar-refractivity contribution < 1.29 is 22.8 Å². The van der Waals surface area contributed by atoms with Crippen LogP contribution in [-0.4, -0.2) is 21.4 Å². The predicted octanol–water partition coefficient (Wildman–Crippen LogP) is 3.15. The molecule has 0 radical (unpaired) electrons. The number of rotatable bonds is 5. The van der Waals surface area contributed by atoms with Crippen LogP contribution in [0.3, 0.4) is 0 Å². The molecule has 0 saturated heterocycles. The highest BCUT2D eigenvalue weighted by molar-refractivity contribution is 7.89. The van der Waals surface area contributed by atoms with Crippen LogP contribution in [0.5, 0.6) is 11.5 Å². The van der Waals surface area contributed by atoms with Gasteiger partial charge in [0.05, 0.1) is 18.0 Å². The molecule has 0 spiro atoms. The lowest BCUT2D eigenvalue weighted by molar-refractivity contribution is 0.0941. The summed E-state index contributed by atoms with van der Waals surface area (Å²) in [6, 6.07) is 20.3. The number of amides is 1. The van der Waals surface area contributed by atoms with Crippen molar-refractivity contribution in [2.24, 2.45) is 0 Å². The van der Waals surface area contributed by atoms with Crippen LogP contribution in [0.4, 0.5) is 0 Å². The predicted molar refractivity (Wildman–Crippen MR) is 106 cm³/mol. The number of carbonyl (C=O) groups excluding carboxylic acids is 1. The summed E-state index contributed by atoms with van der Waals surface area (Å²) in [7, 11) is -2.57. The Hall–Kier alpha value is -3.20. The number of fused-ring (bicyclic) bond motifs is 2. The zero-order valence-corrected chi connectivity index (χ0v) is 16.3. The normalized spacial score (nSPS) is 13.1. The van der Waals surface area contributed by atoms with E-state index in [1.54, 1.807) is 0 Å². The van der Waals surface area contributed by atoms with Crippen molar-refractivity contribution in [1.82, 2.24) is 10.2 Å². The van der Waals surface area contributed by atoms with E-state index >= 15 is 0 Å². The molecular weight excluding hydrogens is 392 g/mol. The first kappa shape index (κ1) is 19.1. The molecule has 29 heavy (non-hydrogen) atoms. The molecule has 0 atom stereocenters. The number of carbonyl (C=O) groups is 1. The Balaban J connectivity index is 1.62. The molecule has 3 aromatic rings. The van der Waals surface area contributed by atoms with E-state index < -0.39 is 10.0 Å². The molecular formula is C21H18N2O5S. The maximum absolute atomic E-state index is 12.9. The minimum Gasteiger partial charge on any atom is -0.457 e. The van der Waals surface area contributed by atoms with Gasteiger partial charge in [-0.15, -0.1) is 0 Å². The third-order valence-electron chi connectivity index (χ3n) is 4.58. The summed E-state index contributed by atoms with van der Waals surface area (Å²) in [6.45, 7) is 0. The molecule has 3 aromatic carbocycles. The van der Waals surface area contributed by atoms with E-state index in [2.05, 4.69) is 10.2 Å². The lowest BCUT2D eigenvalue weighted by atomic mass is 9.94. The molecule has 1 heterocycles. The van der Waals surface area contributed by atoms with Crippen molar-refractivity contribution in [2.75, 3.05) is 7.11 Å². The van der Waals surface area contributed by atoms with Gasteiger partial charge in [0.2, 0.25) is 0 Å². The molecule has 0 bridgehead atoms. The molecule has 0 unspecified atom stereocenters. The number of hydrogen-bond acceptors (Lipinski definition) is 5. The zero-order chi connectivity index (χ0) is 20.4. The van der Waals surface area contributed by atoms with E-state index in [0.717, 1.165) is 11.1 Å². The average Bonchev–Trinajstić information content (AvgIpc) is 2.73. The molecule has 148 valence electrons. The first-order chi connectivity index (χ1) is 14.0. The SMILES string of the molecule is CONS(=O)(=O)c1ccc(C(=O)NC2c3ccccc3Oc3ccccc32)cc1. The van der Waals surface area contributed by atoms with E-state index in [1.807, 2.05) is 53.4 Å². The van der Waals surface area contributed by atoms with Gasteiger partial charge in [-0.25, -0.2) is 8.42 Å². The zero-order valence-electron chi connectivity index (χ0n) is 15.5. The second-order valence-corrected chi connectivity index (χ2v) is 8.04. The summed E-state index contributed by atoms with van der Waals surface area (Å²) in [5.74, 6) is 1.04. The van der Waals surface area contributed by atoms with Crippen molar-refractivity contribution in [2.45, 2.75) is 10.9 Å². The van der Waals surface area contributed by atoms with Crippen molar-refractivity contribution >= 4 is 15.9 Å². The van der Waals surface area contributed by atoms with Crippen molar-refractivity contribution in [3.63, 3.8) is 0 Å². The van der Waals surface area contributed by atoms with Crippen molar-refractivity contribution in [1.29, 1.82) is 0 Å². The van der Waals surface area contributed by atoms with E-state index in [4.69, 9.17) is 4.74 Å². The molecule has 1 aliphatic heterocycles. The summed E-state index contributed by atoms with van der Waals surface area (Å²) >= 11 is 0. The monoisotopic (exact) mass is 410 g/mol. The lowest BCUT2D eigenvalue weighted by Crippen LogP contribution is -2.31. The molecule has 4 rings (SSSR count). The Bertz CT molecular complexity index is 1110. The van der Waals surface area contributed by atoms with Gasteiger partial charge in [0.25, 0.3) is 15.9 Å². The second kappa shape index (κ2) is 7.67. The number of nitrogens with one attached hydrogen (secondary N) is 2. The first-order valence-corrected chi connectivity index (χ1v) is 10.3. The van der Waals surface area contributed by atoms with E-state index in [1.165, 1.54) is 31.4 Å². The van der Waals surface area contributed by atoms with Crippen LogP contribution in [0.15, 0.2) is 77.7 Å². The van der Waals surface area contributed by atoms with Crippen LogP contribution < -0.4 is 14.9 Å². The molecule has 0 fully saturated rings. The maximum Gasteiger partial charge on any atom is 0.262 e. The molecule has 7 nitrogen and oxygen atoms in total. The quantitative estimate of drug-likeness (QED) is 0.630. The Labute approximate surface area is 168 Å². The molecule has 1 amide bonds. The minimum atomic E-state index is -3.78. The summed E-state index contributed by atoms with van der Waals surface area (Å²) < 4.78 is 29.8. The number of benzene rings is 3. The van der Waals surface area contributed by atoms with Gasteiger partial charge in [0, 0.05) is 16.7 Å². The van der Waals surface area contributed by atoms with E-state index in [9.17, 15) is 13.2 Å². The highest BCUT2D eigenvalue weighted by Gasteiger charge is 2.28. The lowest BCUT2D eigenvalue weighted by Gasteiger charge is -2.28. The Kier molecular flexibility index (Phi) is 5.06. The number of para-hydroxylation sites is 2. The fraction of sp³-hybridized carbons (Fsp3) is 0.0952. The Morgan fingerprint density at radius 1 is 0.897 bits per heavy atom. The second-order valence-electron chi connectivity index (χ2n) is 6.40. The standard InChI is InChI=1S/C21H18N2O5S/c1-27-23-29(25,26)15-12-10-14(11-13-15)21(24)22-20-16-6-2-4-8-18(16)28-19-9-5-3-7-17(19)20/h2-13,20,23H,1H3,(H,22,24). The number of sulfonamides is 1. The molecule has 0 aliphatic carbocycles. The van der Waals surface area contributed by atoms with Crippen LogP contribution in [-0.2, 0) is 14.9 Å². The fourth-order valence-corrected chi connectivity index (χ4v) is 4.03. The first-order valence-electron chi connectivity index (χ1n) is 8.81. The minimum absolute atomic E-state index is 0.00217. The van der Waals surface area contributed by atoms with Gasteiger partial charge in [-0.3, -0.25) is 9.63 Å². The van der Waals surface area contributed by atoms with Gasteiger partial charge in [-0.2, -0.15) is 0 Å². The van der Waals surface area contributed by atoms with Crippen LogP contribution in [0.2, 0.25) is 0 Å². The summed E-state index contributed by atoms with van der Waals surface area (Å²) in [6.07, 6.45) is 0. The van der Waals surface area contributed by atoms with E-state index in [0.29, 0.717) is 17.1 Å². The maximum atomic E-state index is 12.9. The number of hydrogen-bond donors (Lipinski definition) is 2. The van der Waals surface area contributed by atoms with Crippen LogP contribution in [0, 0.1) is 0 Å². The third-order valence-corrected chi connectivity index (χ3v) is 5.85. The van der Waals surface area contributed by atoms with Gasteiger partial charge in [-0.1, -0.05) is 41.3 Å². The summed E-state index contributed by atoms with van der Waals surface area (Å²) in [4.78, 5) is 19.3. The largest absolute Gasteiger partial charge is 0.457 e. The van der Waals surface area contributed by atoms with Gasteiger partial charge < -0.3 is 10.1 Å². The van der Waals surface area contributed by atoms with Gasteiger partial charge in [0.15, 0.2) is 0 Å². The smallest absolute Gasteiger partial charge is 0.262 e. The van der Waals surface area contributed by atoms with Gasteiger partial charge >= 0.3 is 0 Å². The molecule has 8 heteroatoms. The van der Waals surface area contributed by atoms with Crippen LogP contribution in [0.25, 0.3) is 0 Å². The Morgan fingerprint density at radius 2 is 1.45 bits per heavy atom. The summed E-state index contributed by atoms with van der Waals surface area (Å²) in [5, 5.41) is 3.02. The summed E-state index contributed by atoms with van der Waals surface area (Å²) in [5.41, 5.74) is 2.04. The molecule has 1 aliphatic rings. The molecule has 2 N–H and O–H groups in total. The van der Waals surface area contributed by atoms with Gasteiger partial charge in [-0.05, 0) is 36.4 Å². The fourth-order valence-electron chi connectivity index (χ4n) is 3.22. The van der Waals surface area contributed by atoms with Crippen LogP contribution >= 0.6 is 0 Å². The highest BCUT2D eigenvalue weighted by atomic mass is 32.2. The third kappa shape index (κ3) is 3.73. The van der Waals surface area contributed by atoms with Crippen LogP contribution in [0.1, 0.15) is 27.5 Å². The van der Waals surface area contributed by atoms with Crippen molar-refractivity contribution in [3.8, 4) is 11.5 Å². The topological polar surface area (TPSA) is 93.7 Å². The Morgan fingerprint density at radius 3 is 2.00 bits per heavy atom. The van der Waals surface area contributed by atoms with Gasteiger partial charge in [0.1, 0.15) is 11.5 Å². The highest BCUT2D eigenvalue weighted by Crippen LogP contribution is 2.42.